The molecule has 0 saturated carbocycles. The van der Waals surface area contributed by atoms with Crippen LogP contribution in [-0.4, -0.2) is 85.8 Å². The van der Waals surface area contributed by atoms with E-state index in [4.69, 9.17) is 21.1 Å². The molecule has 1 aromatic heterocycles. The molecule has 0 spiro atoms. The summed E-state index contributed by atoms with van der Waals surface area (Å²) in [5.74, 6) is -2.00. The van der Waals surface area contributed by atoms with Crippen molar-refractivity contribution in [3.8, 4) is 0 Å². The van der Waals surface area contributed by atoms with Gasteiger partial charge >= 0.3 is 12.1 Å². The summed E-state index contributed by atoms with van der Waals surface area (Å²) in [5.41, 5.74) is 2.21. The molecule has 0 bridgehead atoms. The highest BCUT2D eigenvalue weighted by molar-refractivity contribution is 7.93. The number of amides is 2. The van der Waals surface area contributed by atoms with Crippen molar-refractivity contribution in [2.24, 2.45) is 5.92 Å². The molecule has 3 rings (SSSR count). The van der Waals surface area contributed by atoms with Gasteiger partial charge in [-0.3, -0.25) is 9.59 Å². The Labute approximate surface area is 286 Å². The number of ether oxygens (including phenoxy) is 2. The quantitative estimate of drug-likeness (QED) is 0.184. The van der Waals surface area contributed by atoms with Crippen LogP contribution in [0, 0.1) is 5.92 Å². The van der Waals surface area contributed by atoms with E-state index in [2.05, 4.69) is 20.3 Å². The van der Waals surface area contributed by atoms with Gasteiger partial charge in [-0.2, -0.15) is 4.72 Å². The maximum atomic E-state index is 13.2. The molecule has 2 amide bonds. The number of carboxylic acids is 1. The Hall–Kier alpha value is -3.98. The summed E-state index contributed by atoms with van der Waals surface area (Å²) in [6.07, 6.45) is 2.55. The van der Waals surface area contributed by atoms with Crippen LogP contribution in [0.1, 0.15) is 46.6 Å². The second kappa shape index (κ2) is 18.0. The Morgan fingerprint density at radius 2 is 1.85 bits per heavy atom. The molecule has 0 aliphatic carbocycles. The zero-order valence-electron chi connectivity index (χ0n) is 27.7. The fourth-order valence-corrected chi connectivity index (χ4v) is 7.26. The summed E-state index contributed by atoms with van der Waals surface area (Å²) >= 11 is 6.07. The van der Waals surface area contributed by atoms with Gasteiger partial charge in [0.25, 0.3) is 0 Å². The van der Waals surface area contributed by atoms with Gasteiger partial charge in [-0.1, -0.05) is 67.4 Å². The number of hydrogen-bond donors (Lipinski definition) is 4. The van der Waals surface area contributed by atoms with Crippen LogP contribution in [0.5, 0.6) is 0 Å². The lowest BCUT2D eigenvalue weighted by Gasteiger charge is -2.24. The van der Waals surface area contributed by atoms with Crippen molar-refractivity contribution in [2.45, 2.75) is 65.8 Å². The highest BCUT2D eigenvalue weighted by atomic mass is 35.5. The normalized spacial score (nSPS) is 17.4. The van der Waals surface area contributed by atoms with Crippen LogP contribution in [0.3, 0.4) is 0 Å². The fourth-order valence-electron chi connectivity index (χ4n) is 5.31. The van der Waals surface area contributed by atoms with E-state index in [-0.39, 0.29) is 24.1 Å². The lowest BCUT2D eigenvalue weighted by atomic mass is 10.1. The Bertz CT molecular complexity index is 1600. The number of carboxylic acid groups (broad SMARTS) is 1. The van der Waals surface area contributed by atoms with Crippen LogP contribution in [0.4, 0.5) is 10.6 Å². The predicted octanol–water partition coefficient (Wildman–Crippen LogP) is 4.33. The van der Waals surface area contributed by atoms with E-state index in [0.29, 0.717) is 29.4 Å². The molecule has 1 saturated heterocycles. The van der Waals surface area contributed by atoms with E-state index >= 15 is 0 Å². The molecule has 48 heavy (non-hydrogen) atoms. The lowest BCUT2D eigenvalue weighted by Crippen LogP contribution is -2.49. The molecular formula is C33H44ClN5O8S. The van der Waals surface area contributed by atoms with Crippen molar-refractivity contribution >= 4 is 45.4 Å². The number of aromatic nitrogens is 1. The number of hydrogen-bond acceptors (Lipinski definition) is 9. The maximum Gasteiger partial charge on any atom is 0.410 e. The van der Waals surface area contributed by atoms with Crippen LogP contribution in [0.2, 0.25) is 5.02 Å². The molecule has 1 fully saturated rings. The van der Waals surface area contributed by atoms with Gasteiger partial charge in [0.1, 0.15) is 25.1 Å². The molecule has 13 nitrogen and oxygen atoms in total. The van der Waals surface area contributed by atoms with Gasteiger partial charge < -0.3 is 30.1 Å². The zero-order chi connectivity index (χ0) is 35.4. The number of anilines is 1. The summed E-state index contributed by atoms with van der Waals surface area (Å²) in [4.78, 5) is 43.6. The average molecular weight is 706 g/mol. The summed E-state index contributed by atoms with van der Waals surface area (Å²) in [5, 5.41) is 15.8. The first-order valence-corrected chi connectivity index (χ1v) is 17.3. The fraction of sp³-hybridized carbons (Fsp3) is 0.455. The first-order valence-electron chi connectivity index (χ1n) is 15.5. The summed E-state index contributed by atoms with van der Waals surface area (Å²) in [7, 11) is -4.20. The van der Waals surface area contributed by atoms with Crippen molar-refractivity contribution in [1.82, 2.24) is 19.9 Å². The molecule has 2 aromatic rings. The number of pyridine rings is 1. The van der Waals surface area contributed by atoms with Crippen LogP contribution in [0.25, 0.3) is 0 Å². The molecule has 262 valence electrons. The summed E-state index contributed by atoms with van der Waals surface area (Å²) in [6, 6.07) is 10.6. The van der Waals surface area contributed by atoms with Crippen LogP contribution >= 0.6 is 11.6 Å². The van der Waals surface area contributed by atoms with E-state index in [0.717, 1.165) is 11.1 Å². The monoisotopic (exact) mass is 705 g/mol. The molecule has 1 aliphatic heterocycles. The number of benzene rings is 1. The molecule has 15 heteroatoms. The Balaban J connectivity index is 1.61. The van der Waals surface area contributed by atoms with Crippen molar-refractivity contribution in [1.29, 1.82) is 0 Å². The largest absolute Gasteiger partial charge is 0.480 e. The number of rotatable bonds is 16. The van der Waals surface area contributed by atoms with Crippen LogP contribution in [0.15, 0.2) is 70.8 Å². The third kappa shape index (κ3) is 11.9. The first kappa shape index (κ1) is 38.5. The molecular weight excluding hydrogens is 662 g/mol. The minimum atomic E-state index is -4.20. The Morgan fingerprint density at radius 3 is 2.48 bits per heavy atom. The van der Waals surface area contributed by atoms with Gasteiger partial charge in [0.15, 0.2) is 0 Å². The maximum absolute atomic E-state index is 13.2. The number of nitrogens with zero attached hydrogens (tertiary/aromatic N) is 2. The number of nitrogens with one attached hydrogen (secondary N) is 3. The van der Waals surface area contributed by atoms with Gasteiger partial charge in [-0.25, -0.2) is 18.2 Å². The second-order valence-corrected chi connectivity index (χ2v) is 14.1. The van der Waals surface area contributed by atoms with Gasteiger partial charge in [-0.05, 0) is 56.4 Å². The standard InChI is InChI=1S/C33H44ClN5O8S/c1-21(2)13-23(5)31(22(3)4)48(44,45)38-28(32(41)42)17-37-30(40)20-46-27-15-26(16-36-29-14-25(34)11-12-35-29)39(18-27)33(43)47-19-24-9-7-6-8-10-24/h6-14,22,26-28,38H,15-20H2,1-5H3,(H,35,36)(H,37,40)(H,41,42)/b31-23+/t26-,27+,28-/m0/s1. The number of carbonyl (C=O) groups is 3. The number of aliphatic carboxylic acids is 1. The van der Waals surface area contributed by atoms with Crippen LogP contribution in [-0.2, 0) is 35.7 Å². The number of carbonyl (C=O) groups excluding carboxylic acids is 2. The first-order chi connectivity index (χ1) is 22.7. The molecule has 2 heterocycles. The van der Waals surface area contributed by atoms with Crippen molar-refractivity contribution in [2.75, 3.05) is 31.6 Å². The number of likely N-dealkylation sites (tertiary alicyclic amines) is 1. The SMILES string of the molecule is CC(C)=C/C(C)=C(\C(C)C)S(=O)(=O)N[C@@H](CNC(=O)CO[C@@H]1C[C@@H](CNc2cc(Cl)ccn2)N(C(=O)OCc2ccccc2)C1)C(=O)O. The molecule has 1 aliphatic rings. The smallest absolute Gasteiger partial charge is 0.410 e. The number of halogens is 1. The third-order valence-electron chi connectivity index (χ3n) is 7.31. The van der Waals surface area contributed by atoms with Crippen LogP contribution < -0.4 is 15.4 Å². The highest BCUT2D eigenvalue weighted by Crippen LogP contribution is 2.24. The average Bonchev–Trinajstić information content (AvgIpc) is 3.42. The van der Waals surface area contributed by atoms with Gasteiger partial charge in [0, 0.05) is 24.3 Å². The minimum absolute atomic E-state index is 0.0629. The topological polar surface area (TPSA) is 176 Å². The van der Waals surface area contributed by atoms with Gasteiger partial charge in [-0.15, -0.1) is 0 Å². The lowest BCUT2D eigenvalue weighted by molar-refractivity contribution is -0.139. The number of sulfonamides is 1. The Morgan fingerprint density at radius 1 is 1.15 bits per heavy atom. The second-order valence-electron chi connectivity index (χ2n) is 12.0. The minimum Gasteiger partial charge on any atom is -0.480 e. The molecule has 1 aromatic carbocycles. The third-order valence-corrected chi connectivity index (χ3v) is 9.52. The van der Waals surface area contributed by atoms with Gasteiger partial charge in [0.05, 0.1) is 23.6 Å². The van der Waals surface area contributed by atoms with Crippen molar-refractivity contribution in [3.63, 3.8) is 0 Å². The molecule has 0 radical (unpaired) electrons. The zero-order valence-corrected chi connectivity index (χ0v) is 29.3. The molecule has 4 N–H and O–H groups in total. The summed E-state index contributed by atoms with van der Waals surface area (Å²) < 4.78 is 40.0. The Kier molecular flexibility index (Phi) is 14.4. The summed E-state index contributed by atoms with van der Waals surface area (Å²) in [6.45, 7) is 8.29. The van der Waals surface area contributed by atoms with E-state index in [1.165, 1.54) is 4.90 Å². The molecule has 3 atom stereocenters. The van der Waals surface area contributed by atoms with Crippen molar-refractivity contribution < 1.29 is 37.4 Å². The van der Waals surface area contributed by atoms with Crippen molar-refractivity contribution in [3.05, 3.63) is 81.4 Å². The number of allylic oxidation sites excluding steroid dienone is 4. The van der Waals surface area contributed by atoms with E-state index in [9.17, 15) is 27.9 Å². The van der Waals surface area contributed by atoms with Gasteiger partial charge in [0.2, 0.25) is 15.9 Å². The van der Waals surface area contributed by atoms with E-state index in [1.807, 2.05) is 44.2 Å². The highest BCUT2D eigenvalue weighted by Gasteiger charge is 2.37. The molecule has 0 unspecified atom stereocenters. The van der Waals surface area contributed by atoms with E-state index < -0.39 is 59.2 Å². The van der Waals surface area contributed by atoms with E-state index in [1.54, 1.807) is 45.2 Å². The predicted molar refractivity (Wildman–Crippen MR) is 183 cm³/mol.